The summed E-state index contributed by atoms with van der Waals surface area (Å²) in [5.41, 5.74) is 2.14. The van der Waals surface area contributed by atoms with Gasteiger partial charge < -0.3 is 10.2 Å². The summed E-state index contributed by atoms with van der Waals surface area (Å²) in [4.78, 5) is 25.6. The average Bonchev–Trinajstić information content (AvgIpc) is 2.27. The molecule has 7 heteroatoms. The molecule has 0 spiro atoms. The minimum absolute atomic E-state index is 0.295. The second-order valence-electron chi connectivity index (χ2n) is 3.19. The van der Waals surface area contributed by atoms with Crippen LogP contribution in [-0.4, -0.2) is 32.8 Å². The van der Waals surface area contributed by atoms with E-state index in [1.54, 1.807) is 0 Å². The number of nitrogens with zero attached hydrogens (tertiary/aromatic N) is 1. The molecule has 1 amide bonds. The van der Waals surface area contributed by atoms with Crippen molar-refractivity contribution < 1.29 is 19.8 Å². The Balaban J connectivity index is 2.58. The molecule has 4 N–H and O–H groups in total. The monoisotopic (exact) mass is 225 g/mol. The van der Waals surface area contributed by atoms with Crippen LogP contribution in [0.4, 0.5) is 0 Å². The van der Waals surface area contributed by atoms with Gasteiger partial charge in [0, 0.05) is 18.0 Å². The van der Waals surface area contributed by atoms with Crippen molar-refractivity contribution >= 4 is 11.9 Å². The minimum atomic E-state index is -2.22. The number of hydrogen-bond donors (Lipinski definition) is 4. The first-order valence-electron chi connectivity index (χ1n) is 4.37. The van der Waals surface area contributed by atoms with Gasteiger partial charge in [0.15, 0.2) is 0 Å². The third-order valence-electron chi connectivity index (χ3n) is 1.78. The standard InChI is InChI=1S/C9H11N3O4/c1-9(16,8(14)15)12-11-7(13)6-2-4-10-5-3-6/h2-5,12,16H,1H3,(H,11,13)(H,14,15). The Kier molecular flexibility index (Phi) is 3.54. The maximum atomic E-state index is 11.4. The van der Waals surface area contributed by atoms with Gasteiger partial charge in [0.25, 0.3) is 5.91 Å². The van der Waals surface area contributed by atoms with E-state index in [4.69, 9.17) is 5.11 Å². The van der Waals surface area contributed by atoms with E-state index in [1.807, 2.05) is 5.43 Å². The Morgan fingerprint density at radius 2 is 1.94 bits per heavy atom. The Labute approximate surface area is 91.1 Å². The van der Waals surface area contributed by atoms with Gasteiger partial charge in [0.2, 0.25) is 5.72 Å². The first-order valence-corrected chi connectivity index (χ1v) is 4.37. The summed E-state index contributed by atoms with van der Waals surface area (Å²) in [7, 11) is 0. The van der Waals surface area contributed by atoms with Crippen LogP contribution >= 0.6 is 0 Å². The molecular formula is C9H11N3O4. The molecule has 1 aromatic heterocycles. The SMILES string of the molecule is CC(O)(NNC(=O)c1ccncc1)C(=O)O. The van der Waals surface area contributed by atoms with E-state index in [9.17, 15) is 14.7 Å². The molecule has 0 aromatic carbocycles. The number of aromatic nitrogens is 1. The number of carboxylic acids is 1. The van der Waals surface area contributed by atoms with Gasteiger partial charge in [-0.1, -0.05) is 0 Å². The zero-order chi connectivity index (χ0) is 12.2. The molecule has 0 saturated heterocycles. The second kappa shape index (κ2) is 4.69. The number of pyridine rings is 1. The number of carbonyl (C=O) groups is 2. The Morgan fingerprint density at radius 1 is 1.38 bits per heavy atom. The lowest BCUT2D eigenvalue weighted by Gasteiger charge is -2.19. The highest BCUT2D eigenvalue weighted by Crippen LogP contribution is 1.98. The van der Waals surface area contributed by atoms with Crippen molar-refractivity contribution in [1.82, 2.24) is 15.8 Å². The lowest BCUT2D eigenvalue weighted by atomic mass is 10.2. The smallest absolute Gasteiger partial charge is 0.352 e. The highest BCUT2D eigenvalue weighted by Gasteiger charge is 2.30. The molecule has 86 valence electrons. The maximum Gasteiger partial charge on any atom is 0.352 e. The molecule has 1 unspecified atom stereocenters. The van der Waals surface area contributed by atoms with E-state index in [2.05, 4.69) is 10.4 Å². The molecule has 16 heavy (non-hydrogen) atoms. The van der Waals surface area contributed by atoms with Crippen molar-refractivity contribution in [2.75, 3.05) is 0 Å². The van der Waals surface area contributed by atoms with Crippen molar-refractivity contribution in [3.63, 3.8) is 0 Å². The van der Waals surface area contributed by atoms with E-state index >= 15 is 0 Å². The third-order valence-corrected chi connectivity index (χ3v) is 1.78. The first-order chi connectivity index (χ1) is 7.43. The van der Waals surface area contributed by atoms with Crippen LogP contribution in [0.2, 0.25) is 0 Å². The summed E-state index contributed by atoms with van der Waals surface area (Å²) in [5.74, 6) is -2.06. The molecule has 1 rings (SSSR count). The number of carboxylic acid groups (broad SMARTS) is 1. The molecule has 0 aliphatic carbocycles. The molecule has 0 bridgehead atoms. The molecule has 0 fully saturated rings. The van der Waals surface area contributed by atoms with Crippen LogP contribution in [-0.2, 0) is 4.79 Å². The number of hydrazine groups is 1. The fraction of sp³-hybridized carbons (Fsp3) is 0.222. The van der Waals surface area contributed by atoms with E-state index in [0.29, 0.717) is 5.56 Å². The highest BCUT2D eigenvalue weighted by atomic mass is 16.4. The van der Waals surface area contributed by atoms with Gasteiger partial charge in [0.1, 0.15) is 0 Å². The summed E-state index contributed by atoms with van der Waals surface area (Å²) in [6.45, 7) is 1.00. The predicted octanol–water partition coefficient (Wildman–Crippen LogP) is -0.891. The van der Waals surface area contributed by atoms with Gasteiger partial charge in [-0.3, -0.25) is 15.2 Å². The van der Waals surface area contributed by atoms with E-state index in [-0.39, 0.29) is 0 Å². The van der Waals surface area contributed by atoms with Crippen LogP contribution < -0.4 is 10.9 Å². The van der Waals surface area contributed by atoms with Crippen LogP contribution in [0.1, 0.15) is 17.3 Å². The Bertz CT molecular complexity index is 391. The van der Waals surface area contributed by atoms with Crippen LogP contribution in [0.5, 0.6) is 0 Å². The van der Waals surface area contributed by atoms with Crippen LogP contribution in [0, 0.1) is 0 Å². The van der Waals surface area contributed by atoms with E-state index < -0.39 is 17.6 Å². The zero-order valence-electron chi connectivity index (χ0n) is 8.47. The number of rotatable bonds is 4. The molecule has 0 aliphatic rings. The minimum Gasteiger partial charge on any atom is -0.478 e. The van der Waals surface area contributed by atoms with Gasteiger partial charge >= 0.3 is 5.97 Å². The van der Waals surface area contributed by atoms with Crippen LogP contribution in [0.25, 0.3) is 0 Å². The summed E-state index contributed by atoms with van der Waals surface area (Å²) in [6.07, 6.45) is 2.84. The third kappa shape index (κ3) is 3.01. The summed E-state index contributed by atoms with van der Waals surface area (Å²) >= 11 is 0. The normalized spacial score (nSPS) is 13.9. The lowest BCUT2D eigenvalue weighted by Crippen LogP contribution is -2.57. The van der Waals surface area contributed by atoms with Crippen molar-refractivity contribution in [2.24, 2.45) is 0 Å². The summed E-state index contributed by atoms with van der Waals surface area (Å²) in [6, 6.07) is 2.90. The van der Waals surface area contributed by atoms with Gasteiger partial charge in [-0.25, -0.2) is 4.79 Å². The summed E-state index contributed by atoms with van der Waals surface area (Å²) < 4.78 is 0. The average molecular weight is 225 g/mol. The van der Waals surface area contributed by atoms with Crippen molar-refractivity contribution in [3.05, 3.63) is 30.1 Å². The van der Waals surface area contributed by atoms with Crippen molar-refractivity contribution in [2.45, 2.75) is 12.6 Å². The number of amides is 1. The van der Waals surface area contributed by atoms with Crippen molar-refractivity contribution in [1.29, 1.82) is 0 Å². The largest absolute Gasteiger partial charge is 0.478 e. The molecule has 0 radical (unpaired) electrons. The molecular weight excluding hydrogens is 214 g/mol. The van der Waals surface area contributed by atoms with Gasteiger partial charge in [0.05, 0.1) is 0 Å². The van der Waals surface area contributed by atoms with Crippen LogP contribution in [0.3, 0.4) is 0 Å². The maximum absolute atomic E-state index is 11.4. The summed E-state index contributed by atoms with van der Waals surface area (Å²) in [5, 5.41) is 17.8. The molecule has 0 saturated carbocycles. The van der Waals surface area contributed by atoms with Gasteiger partial charge in [-0.2, -0.15) is 5.43 Å². The number of hydrogen-bond acceptors (Lipinski definition) is 5. The van der Waals surface area contributed by atoms with Crippen molar-refractivity contribution in [3.8, 4) is 0 Å². The molecule has 1 heterocycles. The number of aliphatic hydroxyl groups is 1. The van der Waals surface area contributed by atoms with Gasteiger partial charge in [-0.15, -0.1) is 0 Å². The molecule has 1 atom stereocenters. The number of carbonyl (C=O) groups excluding carboxylic acids is 1. The topological polar surface area (TPSA) is 112 Å². The molecule has 7 nitrogen and oxygen atoms in total. The molecule has 1 aromatic rings. The van der Waals surface area contributed by atoms with E-state index in [0.717, 1.165) is 6.92 Å². The fourth-order valence-corrected chi connectivity index (χ4v) is 0.807. The molecule has 0 aliphatic heterocycles. The van der Waals surface area contributed by atoms with E-state index in [1.165, 1.54) is 24.5 Å². The Hall–Kier alpha value is -1.99. The Morgan fingerprint density at radius 3 is 2.44 bits per heavy atom. The number of aliphatic carboxylic acids is 1. The zero-order valence-corrected chi connectivity index (χ0v) is 8.47. The second-order valence-corrected chi connectivity index (χ2v) is 3.19. The van der Waals surface area contributed by atoms with Crippen LogP contribution in [0.15, 0.2) is 24.5 Å². The number of nitrogens with one attached hydrogen (secondary N) is 2. The first kappa shape index (κ1) is 12.1. The van der Waals surface area contributed by atoms with Gasteiger partial charge in [-0.05, 0) is 19.1 Å². The lowest BCUT2D eigenvalue weighted by molar-refractivity contribution is -0.160. The highest BCUT2D eigenvalue weighted by molar-refractivity contribution is 5.93. The quantitative estimate of drug-likeness (QED) is 0.390. The fourth-order valence-electron chi connectivity index (χ4n) is 0.807. The predicted molar refractivity (Wildman–Crippen MR) is 53.1 cm³/mol.